The van der Waals surface area contributed by atoms with E-state index in [1.54, 1.807) is 0 Å². The third-order valence-corrected chi connectivity index (χ3v) is 4.39. The van der Waals surface area contributed by atoms with Gasteiger partial charge in [0.25, 0.3) is 0 Å². The lowest BCUT2D eigenvalue weighted by Crippen LogP contribution is -2.05. The maximum Gasteiger partial charge on any atom is 0.147 e. The fourth-order valence-corrected chi connectivity index (χ4v) is 2.80. The fraction of sp³-hybridized carbons (Fsp3) is 0.571. The number of hydrogen-bond acceptors (Lipinski definition) is 3. The van der Waals surface area contributed by atoms with Gasteiger partial charge in [0.1, 0.15) is 9.84 Å². The highest BCUT2D eigenvalue weighted by Crippen LogP contribution is 2.40. The van der Waals surface area contributed by atoms with Gasteiger partial charge in [0.2, 0.25) is 0 Å². The molecule has 0 radical (unpaired) electrons. The van der Waals surface area contributed by atoms with Crippen LogP contribution in [0.25, 0.3) is 0 Å². The molecule has 18 heavy (non-hydrogen) atoms. The number of benzene rings is 1. The highest BCUT2D eigenvalue weighted by Gasteiger charge is 2.23. The summed E-state index contributed by atoms with van der Waals surface area (Å²) >= 11 is 0. The Kier molecular flexibility index (Phi) is 4.07. The van der Waals surface area contributed by atoms with Crippen molar-refractivity contribution in [3.63, 3.8) is 0 Å². The first kappa shape index (κ1) is 13.6. The van der Waals surface area contributed by atoms with Crippen LogP contribution in [0.2, 0.25) is 0 Å². The van der Waals surface area contributed by atoms with Crippen molar-refractivity contribution in [1.82, 2.24) is 0 Å². The zero-order valence-corrected chi connectivity index (χ0v) is 11.5. The molecular formula is C14H20O3S. The largest absolute Gasteiger partial charge is 0.388 e. The summed E-state index contributed by atoms with van der Waals surface area (Å²) in [5.74, 6) is 0.867. The molecule has 1 fully saturated rings. The Labute approximate surface area is 109 Å². The van der Waals surface area contributed by atoms with E-state index in [1.807, 2.05) is 12.1 Å². The molecule has 1 aromatic carbocycles. The molecule has 1 saturated carbocycles. The summed E-state index contributed by atoms with van der Waals surface area (Å²) in [6.45, 7) is 0. The van der Waals surface area contributed by atoms with Gasteiger partial charge in [0, 0.05) is 12.0 Å². The zero-order valence-electron chi connectivity index (χ0n) is 10.7. The average Bonchev–Trinajstić information content (AvgIpc) is 3.11. The standard InChI is InChI=1S/C14H20O3S/c1-18(16,17)10-2-3-14(15)13-8-6-12(7-9-13)11-4-5-11/h6-9,11,14-15H,2-5,10H2,1H3. The molecule has 2 rings (SSSR count). The highest BCUT2D eigenvalue weighted by atomic mass is 32.2. The van der Waals surface area contributed by atoms with Crippen LogP contribution in [0.1, 0.15) is 48.8 Å². The van der Waals surface area contributed by atoms with Crippen LogP contribution < -0.4 is 0 Å². The summed E-state index contributed by atoms with van der Waals surface area (Å²) in [4.78, 5) is 0. The molecule has 0 aliphatic heterocycles. The van der Waals surface area contributed by atoms with Crippen molar-refractivity contribution in [3.05, 3.63) is 35.4 Å². The molecule has 0 saturated heterocycles. The van der Waals surface area contributed by atoms with Crippen molar-refractivity contribution in [2.75, 3.05) is 12.0 Å². The van der Waals surface area contributed by atoms with Crippen molar-refractivity contribution in [2.45, 2.75) is 37.7 Å². The summed E-state index contributed by atoms with van der Waals surface area (Å²) in [5.41, 5.74) is 2.23. The number of sulfone groups is 1. The second-order valence-electron chi connectivity index (χ2n) is 5.23. The van der Waals surface area contributed by atoms with Crippen LogP contribution >= 0.6 is 0 Å². The first-order valence-corrected chi connectivity index (χ1v) is 8.47. The molecule has 4 heteroatoms. The van der Waals surface area contributed by atoms with Crippen LogP contribution in [0.4, 0.5) is 0 Å². The van der Waals surface area contributed by atoms with Gasteiger partial charge in [-0.2, -0.15) is 0 Å². The topological polar surface area (TPSA) is 54.4 Å². The summed E-state index contributed by atoms with van der Waals surface area (Å²) in [6.07, 6.45) is 4.22. The van der Waals surface area contributed by atoms with Gasteiger partial charge in [0.15, 0.2) is 0 Å². The summed E-state index contributed by atoms with van der Waals surface area (Å²) in [6, 6.07) is 8.07. The minimum absolute atomic E-state index is 0.143. The SMILES string of the molecule is CS(=O)(=O)CCCC(O)c1ccc(C2CC2)cc1. The maximum absolute atomic E-state index is 11.0. The minimum atomic E-state index is -2.92. The van der Waals surface area contributed by atoms with Crippen molar-refractivity contribution < 1.29 is 13.5 Å². The molecular weight excluding hydrogens is 248 g/mol. The van der Waals surface area contributed by atoms with Crippen LogP contribution in [0, 0.1) is 0 Å². The van der Waals surface area contributed by atoms with E-state index in [0.717, 1.165) is 11.5 Å². The lowest BCUT2D eigenvalue weighted by molar-refractivity contribution is 0.166. The van der Waals surface area contributed by atoms with Crippen molar-refractivity contribution in [3.8, 4) is 0 Å². The zero-order chi connectivity index (χ0) is 13.2. The van der Waals surface area contributed by atoms with Crippen LogP contribution in [-0.2, 0) is 9.84 Å². The molecule has 0 bridgehead atoms. The van der Waals surface area contributed by atoms with E-state index in [2.05, 4.69) is 12.1 Å². The van der Waals surface area contributed by atoms with Crippen molar-refractivity contribution in [2.24, 2.45) is 0 Å². The molecule has 1 aromatic rings. The van der Waals surface area contributed by atoms with Gasteiger partial charge < -0.3 is 5.11 Å². The Hall–Kier alpha value is -0.870. The molecule has 3 nitrogen and oxygen atoms in total. The predicted molar refractivity (Wildman–Crippen MR) is 72.3 cm³/mol. The average molecular weight is 268 g/mol. The second-order valence-corrected chi connectivity index (χ2v) is 7.49. The molecule has 0 heterocycles. The number of rotatable bonds is 6. The molecule has 1 N–H and O–H groups in total. The lowest BCUT2D eigenvalue weighted by atomic mass is 10.0. The normalized spacial score (nSPS) is 17.7. The molecule has 1 atom stereocenters. The van der Waals surface area contributed by atoms with Gasteiger partial charge in [-0.1, -0.05) is 24.3 Å². The minimum Gasteiger partial charge on any atom is -0.388 e. The Morgan fingerprint density at radius 3 is 2.39 bits per heavy atom. The van der Waals surface area contributed by atoms with Crippen molar-refractivity contribution >= 4 is 9.84 Å². The first-order valence-electron chi connectivity index (χ1n) is 6.41. The molecule has 1 aliphatic rings. The quantitative estimate of drug-likeness (QED) is 0.862. The van der Waals surface area contributed by atoms with Crippen LogP contribution in [0.5, 0.6) is 0 Å². The van der Waals surface area contributed by atoms with Gasteiger partial charge >= 0.3 is 0 Å². The molecule has 0 spiro atoms. The van der Waals surface area contributed by atoms with Gasteiger partial charge in [-0.05, 0) is 42.7 Å². The first-order chi connectivity index (χ1) is 8.46. The number of hydrogen-bond donors (Lipinski definition) is 1. The summed E-state index contributed by atoms with van der Waals surface area (Å²) in [7, 11) is -2.92. The van der Waals surface area contributed by atoms with Gasteiger partial charge in [-0.25, -0.2) is 8.42 Å². The third kappa shape index (κ3) is 4.10. The summed E-state index contributed by atoms with van der Waals surface area (Å²) < 4.78 is 22.0. The highest BCUT2D eigenvalue weighted by molar-refractivity contribution is 7.90. The van der Waals surface area contributed by atoms with E-state index in [4.69, 9.17) is 0 Å². The molecule has 0 amide bonds. The number of aliphatic hydroxyl groups is 1. The maximum atomic E-state index is 11.0. The summed E-state index contributed by atoms with van der Waals surface area (Å²) in [5, 5.41) is 9.97. The van der Waals surface area contributed by atoms with Crippen LogP contribution in [0.15, 0.2) is 24.3 Å². The van der Waals surface area contributed by atoms with E-state index in [1.165, 1.54) is 24.7 Å². The van der Waals surface area contributed by atoms with E-state index in [9.17, 15) is 13.5 Å². The van der Waals surface area contributed by atoms with E-state index in [0.29, 0.717) is 12.8 Å². The van der Waals surface area contributed by atoms with E-state index in [-0.39, 0.29) is 5.75 Å². The fourth-order valence-electron chi connectivity index (χ4n) is 2.11. The van der Waals surface area contributed by atoms with Gasteiger partial charge in [-0.15, -0.1) is 0 Å². The van der Waals surface area contributed by atoms with E-state index < -0.39 is 15.9 Å². The molecule has 0 aromatic heterocycles. The molecule has 100 valence electrons. The Balaban J connectivity index is 1.86. The van der Waals surface area contributed by atoms with Crippen LogP contribution in [0.3, 0.4) is 0 Å². The predicted octanol–water partition coefficient (Wildman–Crippen LogP) is 2.42. The smallest absolute Gasteiger partial charge is 0.147 e. The monoisotopic (exact) mass is 268 g/mol. The van der Waals surface area contributed by atoms with Gasteiger partial charge in [0.05, 0.1) is 6.10 Å². The van der Waals surface area contributed by atoms with Crippen LogP contribution in [-0.4, -0.2) is 25.5 Å². The number of aliphatic hydroxyl groups excluding tert-OH is 1. The Morgan fingerprint density at radius 2 is 1.89 bits per heavy atom. The Bertz CT molecular complexity index is 486. The van der Waals surface area contributed by atoms with Crippen molar-refractivity contribution in [1.29, 1.82) is 0 Å². The molecule has 1 aliphatic carbocycles. The Morgan fingerprint density at radius 1 is 1.28 bits per heavy atom. The second kappa shape index (κ2) is 5.41. The van der Waals surface area contributed by atoms with Gasteiger partial charge in [-0.3, -0.25) is 0 Å². The molecule has 1 unspecified atom stereocenters. The van der Waals surface area contributed by atoms with E-state index >= 15 is 0 Å². The third-order valence-electron chi connectivity index (χ3n) is 3.36. The lowest BCUT2D eigenvalue weighted by Gasteiger charge is -2.11.